The van der Waals surface area contributed by atoms with E-state index in [9.17, 15) is 29.2 Å². The lowest BCUT2D eigenvalue weighted by Gasteiger charge is -2.25. The monoisotopic (exact) mass is 432 g/mol. The predicted octanol–water partition coefficient (Wildman–Crippen LogP) is 4.36. The molecule has 160 valence electrons. The van der Waals surface area contributed by atoms with Crippen LogP contribution in [-0.4, -0.2) is 26.6 Å². The predicted molar refractivity (Wildman–Crippen MR) is 114 cm³/mol. The molecule has 3 aromatic rings. The molecule has 1 heterocycles. The fourth-order valence-corrected chi connectivity index (χ4v) is 3.71. The van der Waals surface area contributed by atoms with Crippen molar-refractivity contribution in [2.24, 2.45) is 0 Å². The summed E-state index contributed by atoms with van der Waals surface area (Å²) in [7, 11) is 0. The van der Waals surface area contributed by atoms with Gasteiger partial charge in [-0.15, -0.1) is 0 Å². The summed E-state index contributed by atoms with van der Waals surface area (Å²) in [5, 5.41) is 21.9. The highest BCUT2D eigenvalue weighted by atomic mass is 19.1. The molecule has 1 aliphatic heterocycles. The first kappa shape index (κ1) is 20.9. The van der Waals surface area contributed by atoms with E-state index in [1.165, 1.54) is 53.4 Å². The van der Waals surface area contributed by atoms with E-state index >= 15 is 0 Å². The lowest BCUT2D eigenvalue weighted by atomic mass is 9.95. The van der Waals surface area contributed by atoms with Gasteiger partial charge in [-0.05, 0) is 35.4 Å². The van der Waals surface area contributed by atoms with Crippen molar-refractivity contribution < 1.29 is 24.0 Å². The molecule has 1 fully saturated rings. The maximum Gasteiger partial charge on any atom is 0.295 e. The van der Waals surface area contributed by atoms with E-state index in [2.05, 4.69) is 0 Å². The van der Waals surface area contributed by atoms with Crippen molar-refractivity contribution in [3.05, 3.63) is 117 Å². The van der Waals surface area contributed by atoms with Gasteiger partial charge in [0.15, 0.2) is 0 Å². The van der Waals surface area contributed by atoms with E-state index in [0.717, 1.165) is 5.56 Å². The number of ketones is 1. The Morgan fingerprint density at radius 2 is 1.59 bits per heavy atom. The minimum atomic E-state index is -0.953. The number of amides is 1. The van der Waals surface area contributed by atoms with Crippen molar-refractivity contribution in [2.45, 2.75) is 12.6 Å². The minimum Gasteiger partial charge on any atom is -0.507 e. The zero-order chi connectivity index (χ0) is 22.8. The third kappa shape index (κ3) is 3.85. The number of halogens is 1. The van der Waals surface area contributed by atoms with Gasteiger partial charge in [-0.3, -0.25) is 19.7 Å². The molecule has 4 rings (SSSR count). The van der Waals surface area contributed by atoms with Crippen LogP contribution < -0.4 is 0 Å². The Morgan fingerprint density at radius 1 is 0.969 bits per heavy atom. The fourth-order valence-electron chi connectivity index (χ4n) is 3.71. The van der Waals surface area contributed by atoms with Crippen molar-refractivity contribution in [2.75, 3.05) is 0 Å². The molecule has 0 aliphatic carbocycles. The van der Waals surface area contributed by atoms with Gasteiger partial charge in [-0.25, -0.2) is 4.39 Å². The Hall–Kier alpha value is -4.33. The van der Waals surface area contributed by atoms with Gasteiger partial charge in [-0.1, -0.05) is 42.5 Å². The molecule has 0 unspecified atom stereocenters. The molecule has 1 amide bonds. The highest BCUT2D eigenvalue weighted by molar-refractivity contribution is 6.46. The van der Waals surface area contributed by atoms with Crippen LogP contribution in [0.15, 0.2) is 84.4 Å². The molecule has 0 spiro atoms. The summed E-state index contributed by atoms with van der Waals surface area (Å²) in [5.41, 5.74) is 1.04. The normalized spacial score (nSPS) is 17.5. The topological polar surface area (TPSA) is 101 Å². The van der Waals surface area contributed by atoms with Gasteiger partial charge in [0.25, 0.3) is 17.4 Å². The molecule has 0 radical (unpaired) electrons. The van der Waals surface area contributed by atoms with Crippen LogP contribution in [0.4, 0.5) is 10.1 Å². The summed E-state index contributed by atoms with van der Waals surface area (Å²) in [6, 6.07) is 18.4. The number of nitro groups is 1. The van der Waals surface area contributed by atoms with Crippen molar-refractivity contribution in [1.29, 1.82) is 0 Å². The molecular weight excluding hydrogens is 415 g/mol. The summed E-state index contributed by atoms with van der Waals surface area (Å²) in [6.07, 6.45) is 0. The zero-order valence-electron chi connectivity index (χ0n) is 16.6. The van der Waals surface area contributed by atoms with Crippen molar-refractivity contribution in [1.82, 2.24) is 4.90 Å². The lowest BCUT2D eigenvalue weighted by Crippen LogP contribution is -2.29. The van der Waals surface area contributed by atoms with Gasteiger partial charge >= 0.3 is 0 Å². The Morgan fingerprint density at radius 3 is 2.19 bits per heavy atom. The van der Waals surface area contributed by atoms with Crippen LogP contribution in [0.5, 0.6) is 0 Å². The first-order valence-electron chi connectivity index (χ1n) is 9.69. The molecule has 1 N–H and O–H groups in total. The second kappa shape index (κ2) is 8.43. The molecule has 1 saturated heterocycles. The van der Waals surface area contributed by atoms with Gasteiger partial charge in [0.1, 0.15) is 11.6 Å². The van der Waals surface area contributed by atoms with Gasteiger partial charge in [-0.2, -0.15) is 0 Å². The van der Waals surface area contributed by atoms with Crippen LogP contribution in [0.1, 0.15) is 22.7 Å². The maximum absolute atomic E-state index is 13.5. The molecule has 8 heteroatoms. The molecule has 1 atom stereocenters. The minimum absolute atomic E-state index is 0.102. The third-order valence-electron chi connectivity index (χ3n) is 5.27. The van der Waals surface area contributed by atoms with E-state index < -0.39 is 34.2 Å². The molecular formula is C24H17FN2O5. The first-order chi connectivity index (χ1) is 15.4. The molecule has 0 saturated carbocycles. The van der Waals surface area contributed by atoms with E-state index in [0.29, 0.717) is 5.56 Å². The summed E-state index contributed by atoms with van der Waals surface area (Å²) < 4.78 is 13.5. The number of Topliss-reactive ketones (excluding diaryl/α,β-unsaturated/α-hetero) is 1. The number of aliphatic hydroxyl groups is 1. The number of hydrogen-bond donors (Lipinski definition) is 1. The SMILES string of the molecule is O=C1C(=O)N(Cc2ccccc2)[C@@H](c2ccc(F)cc2)C1=C(O)c1ccc([N+](=O)[O-])cc1. The molecule has 7 nitrogen and oxygen atoms in total. The van der Waals surface area contributed by atoms with Gasteiger partial charge < -0.3 is 10.0 Å². The van der Waals surface area contributed by atoms with Gasteiger partial charge in [0, 0.05) is 24.2 Å². The van der Waals surface area contributed by atoms with Gasteiger partial charge in [0.2, 0.25) is 0 Å². The van der Waals surface area contributed by atoms with E-state index in [4.69, 9.17) is 0 Å². The molecule has 1 aliphatic rings. The standard InChI is InChI=1S/C24H17FN2O5/c25-18-10-6-16(7-11-18)21-20(22(28)17-8-12-19(13-9-17)27(31)32)23(29)24(30)26(21)14-15-4-2-1-3-5-15/h1-13,21,28H,14H2/t21-/m0/s1. The summed E-state index contributed by atoms with van der Waals surface area (Å²) in [6.45, 7) is 0.102. The van der Waals surface area contributed by atoms with Crippen LogP contribution in [-0.2, 0) is 16.1 Å². The number of nitrogens with zero attached hydrogens (tertiary/aromatic N) is 2. The second-order valence-corrected chi connectivity index (χ2v) is 7.27. The van der Waals surface area contributed by atoms with Crippen molar-refractivity contribution >= 4 is 23.1 Å². The quantitative estimate of drug-likeness (QED) is 0.212. The van der Waals surface area contributed by atoms with Crippen molar-refractivity contribution in [3.63, 3.8) is 0 Å². The second-order valence-electron chi connectivity index (χ2n) is 7.27. The largest absolute Gasteiger partial charge is 0.507 e. The summed E-state index contributed by atoms with van der Waals surface area (Å²) in [4.78, 5) is 37.5. The summed E-state index contributed by atoms with van der Waals surface area (Å²) in [5.74, 6) is -2.62. The number of benzene rings is 3. The average Bonchev–Trinajstić information content (AvgIpc) is 3.05. The van der Waals surface area contributed by atoms with E-state index in [-0.39, 0.29) is 23.4 Å². The number of likely N-dealkylation sites (tertiary alicyclic amines) is 1. The Bertz CT molecular complexity index is 1220. The number of carbonyl (C=O) groups excluding carboxylic acids is 2. The third-order valence-corrected chi connectivity index (χ3v) is 5.27. The van der Waals surface area contributed by atoms with Crippen LogP contribution in [0.2, 0.25) is 0 Å². The van der Waals surface area contributed by atoms with Gasteiger partial charge in [0.05, 0.1) is 16.5 Å². The molecule has 0 aromatic heterocycles. The fraction of sp³-hybridized carbons (Fsp3) is 0.0833. The number of nitro benzene ring substituents is 1. The summed E-state index contributed by atoms with van der Waals surface area (Å²) >= 11 is 0. The number of carbonyl (C=O) groups is 2. The van der Waals surface area contributed by atoms with Crippen LogP contribution >= 0.6 is 0 Å². The molecule has 3 aromatic carbocycles. The average molecular weight is 432 g/mol. The van der Waals surface area contributed by atoms with E-state index in [1.54, 1.807) is 24.3 Å². The first-order valence-corrected chi connectivity index (χ1v) is 9.69. The number of non-ortho nitro benzene ring substituents is 1. The lowest BCUT2D eigenvalue weighted by molar-refractivity contribution is -0.384. The van der Waals surface area contributed by atoms with Crippen LogP contribution in [0.25, 0.3) is 5.76 Å². The Kier molecular flexibility index (Phi) is 5.51. The maximum atomic E-state index is 13.5. The van der Waals surface area contributed by atoms with E-state index in [1.807, 2.05) is 6.07 Å². The van der Waals surface area contributed by atoms with Crippen LogP contribution in [0, 0.1) is 15.9 Å². The molecule has 0 bridgehead atoms. The Labute approximate surface area is 182 Å². The van der Waals surface area contributed by atoms with Crippen LogP contribution in [0.3, 0.4) is 0 Å². The zero-order valence-corrected chi connectivity index (χ0v) is 16.6. The van der Waals surface area contributed by atoms with Crippen molar-refractivity contribution in [3.8, 4) is 0 Å². The Balaban J connectivity index is 1.84. The molecule has 32 heavy (non-hydrogen) atoms. The number of aliphatic hydroxyl groups excluding tert-OH is 1. The number of hydrogen-bond acceptors (Lipinski definition) is 5. The number of rotatable bonds is 5. The smallest absolute Gasteiger partial charge is 0.295 e. The highest BCUT2D eigenvalue weighted by Gasteiger charge is 2.46. The highest BCUT2D eigenvalue weighted by Crippen LogP contribution is 2.40.